The molecule has 0 unspecified atom stereocenters. The molecular weight excluding hydrogens is 469 g/mol. The smallest absolute Gasteiger partial charge is 0.308 e. The summed E-state index contributed by atoms with van der Waals surface area (Å²) in [4.78, 5) is 42.2. The summed E-state index contributed by atoms with van der Waals surface area (Å²) in [7, 11) is 0. The van der Waals surface area contributed by atoms with Crippen molar-refractivity contribution >= 4 is 33.4 Å². The first-order chi connectivity index (χ1) is 16.8. The minimum Gasteiger partial charge on any atom is -0.456 e. The van der Waals surface area contributed by atoms with Crippen LogP contribution >= 0.6 is 11.3 Å². The van der Waals surface area contributed by atoms with Crippen molar-refractivity contribution < 1.29 is 18.7 Å². The highest BCUT2D eigenvalue weighted by molar-refractivity contribution is 7.17. The van der Waals surface area contributed by atoms with Gasteiger partial charge in [0, 0.05) is 24.0 Å². The molecule has 2 aromatic carbocycles. The molecule has 0 radical (unpaired) electrons. The summed E-state index contributed by atoms with van der Waals surface area (Å²) in [6.45, 7) is 3.40. The third-order valence-electron chi connectivity index (χ3n) is 5.57. The van der Waals surface area contributed by atoms with E-state index in [2.05, 4.69) is 10.3 Å². The Morgan fingerprint density at radius 2 is 1.91 bits per heavy atom. The number of benzene rings is 2. The fourth-order valence-electron chi connectivity index (χ4n) is 3.50. The van der Waals surface area contributed by atoms with Crippen molar-refractivity contribution in [2.45, 2.75) is 33.4 Å². The van der Waals surface area contributed by atoms with E-state index in [4.69, 9.17) is 4.74 Å². The molecule has 180 valence electrons. The molecule has 0 aliphatic heterocycles. The van der Waals surface area contributed by atoms with Crippen LogP contribution in [0.5, 0.6) is 0 Å². The molecular formula is C26H24FN3O4S. The van der Waals surface area contributed by atoms with Gasteiger partial charge in [0.2, 0.25) is 0 Å². The van der Waals surface area contributed by atoms with E-state index < -0.39 is 18.5 Å². The fourth-order valence-corrected chi connectivity index (χ4v) is 4.41. The number of fused-ring (bicyclic) bond motifs is 1. The number of hydrogen-bond acceptors (Lipinski definition) is 6. The zero-order valence-electron chi connectivity index (χ0n) is 19.3. The van der Waals surface area contributed by atoms with E-state index in [9.17, 15) is 18.8 Å². The van der Waals surface area contributed by atoms with Crippen LogP contribution in [0, 0.1) is 19.7 Å². The van der Waals surface area contributed by atoms with E-state index in [1.54, 1.807) is 19.1 Å². The number of halogens is 1. The van der Waals surface area contributed by atoms with E-state index >= 15 is 0 Å². The Morgan fingerprint density at radius 1 is 1.14 bits per heavy atom. The molecule has 1 amide bonds. The van der Waals surface area contributed by atoms with Gasteiger partial charge in [-0.1, -0.05) is 42.0 Å². The Balaban J connectivity index is 1.33. The largest absolute Gasteiger partial charge is 0.456 e. The Bertz CT molecular complexity index is 1440. The third kappa shape index (κ3) is 5.81. The number of aromatic nitrogens is 2. The average Bonchev–Trinajstić information content (AvgIpc) is 3.28. The first-order valence-electron chi connectivity index (χ1n) is 11.0. The Morgan fingerprint density at radius 3 is 2.66 bits per heavy atom. The molecule has 2 heterocycles. The summed E-state index contributed by atoms with van der Waals surface area (Å²) in [5.41, 5.74) is 3.76. The van der Waals surface area contributed by atoms with Gasteiger partial charge in [-0.3, -0.25) is 19.0 Å². The second kappa shape index (κ2) is 10.6. The summed E-state index contributed by atoms with van der Waals surface area (Å²) in [6, 6.07) is 12.6. The minimum absolute atomic E-state index is 0.0774. The van der Waals surface area contributed by atoms with Crippen molar-refractivity contribution in [3.63, 3.8) is 0 Å². The monoisotopic (exact) mass is 493 g/mol. The summed E-state index contributed by atoms with van der Waals surface area (Å²) in [5, 5.41) is 5.00. The van der Waals surface area contributed by atoms with E-state index in [1.807, 2.05) is 36.6 Å². The van der Waals surface area contributed by atoms with Crippen molar-refractivity contribution in [3.05, 3.63) is 87.0 Å². The molecule has 0 aliphatic carbocycles. The summed E-state index contributed by atoms with van der Waals surface area (Å²) in [5.74, 6) is -1.46. The number of ether oxygens (including phenoxy) is 1. The summed E-state index contributed by atoms with van der Waals surface area (Å²) in [6.07, 6.45) is 1.33. The molecule has 35 heavy (non-hydrogen) atoms. The Kier molecular flexibility index (Phi) is 7.36. The average molecular weight is 494 g/mol. The lowest BCUT2D eigenvalue weighted by Crippen LogP contribution is -2.29. The maximum Gasteiger partial charge on any atom is 0.308 e. The quantitative estimate of drug-likeness (QED) is 0.373. The summed E-state index contributed by atoms with van der Waals surface area (Å²) < 4.78 is 20.0. The molecule has 0 saturated heterocycles. The van der Waals surface area contributed by atoms with Crippen molar-refractivity contribution in [1.29, 1.82) is 0 Å². The highest BCUT2D eigenvalue weighted by atomic mass is 32.1. The molecule has 4 aromatic rings. The predicted molar refractivity (Wildman–Crippen MR) is 133 cm³/mol. The fraction of sp³-hybridized carbons (Fsp3) is 0.231. The lowest BCUT2D eigenvalue weighted by atomic mass is 10.1. The van der Waals surface area contributed by atoms with Crippen molar-refractivity contribution in [1.82, 2.24) is 14.9 Å². The van der Waals surface area contributed by atoms with Gasteiger partial charge >= 0.3 is 5.97 Å². The number of nitrogens with one attached hydrogen (secondary N) is 1. The van der Waals surface area contributed by atoms with Gasteiger partial charge in [0.05, 0.1) is 18.1 Å². The molecule has 0 fully saturated rings. The highest BCUT2D eigenvalue weighted by Crippen LogP contribution is 2.30. The Hall–Kier alpha value is -3.85. The molecule has 4 rings (SSSR count). The van der Waals surface area contributed by atoms with Gasteiger partial charge in [-0.05, 0) is 36.6 Å². The number of aryl methyl sites for hydroxylation is 3. The minimum atomic E-state index is -0.613. The van der Waals surface area contributed by atoms with Crippen LogP contribution in [0.3, 0.4) is 0 Å². The Labute approximate surface area is 205 Å². The van der Waals surface area contributed by atoms with Gasteiger partial charge in [0.15, 0.2) is 6.61 Å². The van der Waals surface area contributed by atoms with Crippen molar-refractivity contribution in [2.75, 3.05) is 6.61 Å². The van der Waals surface area contributed by atoms with Gasteiger partial charge in [-0.2, -0.15) is 0 Å². The van der Waals surface area contributed by atoms with Gasteiger partial charge in [-0.25, -0.2) is 9.37 Å². The molecule has 0 saturated carbocycles. The number of rotatable bonds is 8. The standard InChI is InChI=1S/C26H24FN3O4S/c1-16-3-7-19(8-4-16)20-14-35-25-24(20)26(33)30(15-29-25)10-9-23(32)34-13-22(31)28-12-18-6-5-17(2)21(27)11-18/h3-8,11,14-15H,9-10,12-13H2,1-2H3,(H,28,31). The van der Waals surface area contributed by atoms with Gasteiger partial charge < -0.3 is 10.1 Å². The number of thiophene rings is 1. The van der Waals surface area contributed by atoms with Crippen molar-refractivity contribution in [3.8, 4) is 11.1 Å². The van der Waals surface area contributed by atoms with Gasteiger partial charge in [-0.15, -0.1) is 11.3 Å². The van der Waals surface area contributed by atoms with E-state index in [-0.39, 0.29) is 30.9 Å². The number of amides is 1. The second-order valence-corrected chi connectivity index (χ2v) is 9.07. The predicted octanol–water partition coefficient (Wildman–Crippen LogP) is 4.13. The van der Waals surface area contributed by atoms with Crippen LogP contribution < -0.4 is 10.9 Å². The SMILES string of the molecule is Cc1ccc(-c2csc3ncn(CCC(=O)OCC(=O)NCc4ccc(C)c(F)c4)c(=O)c23)cc1. The normalized spacial score (nSPS) is 10.9. The van der Waals surface area contributed by atoms with Crippen LogP contribution in [-0.4, -0.2) is 28.0 Å². The number of carbonyl (C=O) groups is 2. The molecule has 2 aromatic heterocycles. The number of nitrogens with zero attached hydrogens (tertiary/aromatic N) is 2. The highest BCUT2D eigenvalue weighted by Gasteiger charge is 2.15. The van der Waals surface area contributed by atoms with Gasteiger partial charge in [0.25, 0.3) is 11.5 Å². The van der Waals surface area contributed by atoms with E-state index in [1.165, 1.54) is 28.3 Å². The second-order valence-electron chi connectivity index (χ2n) is 8.21. The van der Waals surface area contributed by atoms with Crippen LogP contribution in [0.1, 0.15) is 23.1 Å². The maximum atomic E-state index is 13.6. The first-order valence-corrected chi connectivity index (χ1v) is 11.9. The lowest BCUT2D eigenvalue weighted by molar-refractivity contribution is -0.148. The van der Waals surface area contributed by atoms with Crippen molar-refractivity contribution in [2.24, 2.45) is 0 Å². The molecule has 0 atom stereocenters. The lowest BCUT2D eigenvalue weighted by Gasteiger charge is -2.08. The number of carbonyl (C=O) groups excluding carboxylic acids is 2. The molecule has 7 nitrogen and oxygen atoms in total. The number of esters is 1. The van der Waals surface area contributed by atoms with E-state index in [0.29, 0.717) is 21.3 Å². The molecule has 0 aliphatic rings. The summed E-state index contributed by atoms with van der Waals surface area (Å²) >= 11 is 1.39. The number of hydrogen-bond donors (Lipinski definition) is 1. The van der Waals surface area contributed by atoms with Crippen LogP contribution in [0.25, 0.3) is 21.3 Å². The molecule has 9 heteroatoms. The maximum absolute atomic E-state index is 13.6. The molecule has 1 N–H and O–H groups in total. The topological polar surface area (TPSA) is 90.3 Å². The van der Waals surface area contributed by atoms with E-state index in [0.717, 1.165) is 16.7 Å². The first kappa shape index (κ1) is 24.3. The third-order valence-corrected chi connectivity index (χ3v) is 6.46. The van der Waals surface area contributed by atoms with Crippen LogP contribution in [-0.2, 0) is 27.4 Å². The molecule has 0 spiro atoms. The van der Waals surface area contributed by atoms with Crippen LogP contribution in [0.2, 0.25) is 0 Å². The van der Waals surface area contributed by atoms with Crippen LogP contribution in [0.15, 0.2) is 59.0 Å². The zero-order valence-corrected chi connectivity index (χ0v) is 20.2. The van der Waals surface area contributed by atoms with Crippen LogP contribution in [0.4, 0.5) is 4.39 Å². The molecule has 0 bridgehead atoms. The zero-order chi connectivity index (χ0) is 24.9. The van der Waals surface area contributed by atoms with Gasteiger partial charge in [0.1, 0.15) is 10.6 Å².